The predicted octanol–water partition coefficient (Wildman–Crippen LogP) is 5.34. The molecule has 1 N–H and O–H groups in total. The number of rotatable bonds is 9. The van der Waals surface area contributed by atoms with E-state index in [2.05, 4.69) is 48.9 Å². The second-order valence-electron chi connectivity index (χ2n) is 6.13. The smallest absolute Gasteiger partial charge is 0.169 e. The number of hydrogen-bond acceptors (Lipinski definition) is 4. The summed E-state index contributed by atoms with van der Waals surface area (Å²) in [5, 5.41) is 3.19. The first-order chi connectivity index (χ1) is 12.6. The Morgan fingerprint density at radius 3 is 2.31 bits per heavy atom. The van der Waals surface area contributed by atoms with Gasteiger partial charge in [-0.25, -0.2) is 0 Å². The summed E-state index contributed by atoms with van der Waals surface area (Å²) in [7, 11) is 1.64. The third-order valence-corrected chi connectivity index (χ3v) is 4.07. The van der Waals surface area contributed by atoms with Crippen molar-refractivity contribution in [2.24, 2.45) is 0 Å². The summed E-state index contributed by atoms with van der Waals surface area (Å²) in [6, 6.07) is 16.1. The number of ether oxygens (including phenoxy) is 2. The van der Waals surface area contributed by atoms with Gasteiger partial charge in [-0.15, -0.1) is 0 Å². The largest absolute Gasteiger partial charge is 0.493 e. The molecule has 0 fully saturated rings. The lowest BCUT2D eigenvalue weighted by molar-refractivity contribution is 0.379. The van der Waals surface area contributed by atoms with Crippen molar-refractivity contribution in [3.8, 4) is 17.2 Å². The Kier molecular flexibility index (Phi) is 7.15. The molecule has 0 bridgehead atoms. The highest BCUT2D eigenvalue weighted by Crippen LogP contribution is 2.32. The molecule has 4 heteroatoms. The fourth-order valence-corrected chi connectivity index (χ4v) is 2.64. The summed E-state index contributed by atoms with van der Waals surface area (Å²) in [5.74, 6) is 2.20. The Labute approximate surface area is 156 Å². The van der Waals surface area contributed by atoms with E-state index in [0.717, 1.165) is 23.7 Å². The molecule has 0 heterocycles. The minimum absolute atomic E-state index is 0.359. The molecule has 0 aliphatic carbocycles. The van der Waals surface area contributed by atoms with Crippen LogP contribution in [0.25, 0.3) is 0 Å². The molecule has 0 saturated heterocycles. The molecule has 0 amide bonds. The van der Waals surface area contributed by atoms with Crippen LogP contribution >= 0.6 is 0 Å². The van der Waals surface area contributed by atoms with Gasteiger partial charge in [0.15, 0.2) is 11.5 Å². The number of benzene rings is 2. The van der Waals surface area contributed by atoms with Crippen LogP contribution in [0.15, 0.2) is 73.1 Å². The Bertz CT molecular complexity index is 736. The van der Waals surface area contributed by atoms with Crippen LogP contribution in [-0.2, 0) is 0 Å². The number of para-hydroxylation sites is 2. The van der Waals surface area contributed by atoms with Crippen LogP contribution < -0.4 is 19.7 Å². The van der Waals surface area contributed by atoms with E-state index < -0.39 is 0 Å². The van der Waals surface area contributed by atoms with Gasteiger partial charge in [0.05, 0.1) is 13.7 Å². The van der Waals surface area contributed by atoms with Crippen LogP contribution in [0.4, 0.5) is 5.69 Å². The zero-order valence-corrected chi connectivity index (χ0v) is 16.0. The molecule has 0 unspecified atom stereocenters. The van der Waals surface area contributed by atoms with Gasteiger partial charge in [-0.2, -0.15) is 0 Å². The van der Waals surface area contributed by atoms with Crippen molar-refractivity contribution in [2.75, 3.05) is 18.6 Å². The lowest BCUT2D eigenvalue weighted by atomic mass is 10.2. The van der Waals surface area contributed by atoms with E-state index in [-0.39, 0.29) is 0 Å². The molecule has 2 rings (SSSR count). The molecule has 0 aliphatic heterocycles. The average Bonchev–Trinajstić information content (AvgIpc) is 2.66. The Balaban J connectivity index is 2.16. The van der Waals surface area contributed by atoms with Gasteiger partial charge >= 0.3 is 0 Å². The molecule has 0 atom stereocenters. The second-order valence-corrected chi connectivity index (χ2v) is 6.13. The highest BCUT2D eigenvalue weighted by molar-refractivity contribution is 5.52. The summed E-state index contributed by atoms with van der Waals surface area (Å²) in [6.45, 7) is 10.9. The third kappa shape index (κ3) is 5.06. The first-order valence-corrected chi connectivity index (χ1v) is 8.79. The van der Waals surface area contributed by atoms with E-state index >= 15 is 0 Å². The maximum absolute atomic E-state index is 5.96. The van der Waals surface area contributed by atoms with Crippen LogP contribution in [0.1, 0.15) is 20.8 Å². The lowest BCUT2D eigenvalue weighted by Gasteiger charge is -2.30. The zero-order chi connectivity index (χ0) is 18.9. The van der Waals surface area contributed by atoms with E-state index in [0.29, 0.717) is 17.5 Å². The first kappa shape index (κ1) is 19.4. The van der Waals surface area contributed by atoms with Gasteiger partial charge < -0.3 is 19.7 Å². The van der Waals surface area contributed by atoms with Crippen LogP contribution in [-0.4, -0.2) is 19.7 Å². The van der Waals surface area contributed by atoms with E-state index in [1.165, 1.54) is 0 Å². The molecule has 2 aromatic rings. The fraction of sp³-hybridized carbons (Fsp3) is 0.273. The van der Waals surface area contributed by atoms with Crippen molar-refractivity contribution in [3.05, 3.63) is 73.1 Å². The van der Waals surface area contributed by atoms with Crippen LogP contribution in [0.3, 0.4) is 0 Å². The molecule has 0 radical (unpaired) electrons. The van der Waals surface area contributed by atoms with Crippen molar-refractivity contribution in [3.63, 3.8) is 0 Å². The standard InChI is InChI=1S/C22H28N2O2/c1-6-18(23-7-2)16-24(17(3)4)19-12-14-20(15-13-19)26-22-11-9-8-10-21(22)25-5/h6-15,17,23H,2,16H2,1,3-5H3/b18-6-. The van der Waals surface area contributed by atoms with E-state index in [1.54, 1.807) is 13.3 Å². The Morgan fingerprint density at radius 1 is 1.12 bits per heavy atom. The predicted molar refractivity (Wildman–Crippen MR) is 109 cm³/mol. The summed E-state index contributed by atoms with van der Waals surface area (Å²) >= 11 is 0. The summed E-state index contributed by atoms with van der Waals surface area (Å²) in [4.78, 5) is 2.32. The highest BCUT2D eigenvalue weighted by atomic mass is 16.5. The normalized spacial score (nSPS) is 11.2. The second kappa shape index (κ2) is 9.56. The molecule has 0 saturated carbocycles. The van der Waals surface area contributed by atoms with Gasteiger partial charge in [-0.3, -0.25) is 0 Å². The van der Waals surface area contributed by atoms with Crippen molar-refractivity contribution in [1.82, 2.24) is 5.32 Å². The molecule has 4 nitrogen and oxygen atoms in total. The van der Waals surface area contributed by atoms with Crippen LogP contribution in [0, 0.1) is 0 Å². The molecule has 0 aliphatic rings. The van der Waals surface area contributed by atoms with E-state index in [1.807, 2.05) is 43.3 Å². The number of nitrogens with zero attached hydrogens (tertiary/aromatic N) is 1. The summed E-state index contributed by atoms with van der Waals surface area (Å²) in [5.41, 5.74) is 2.25. The Hall–Kier alpha value is -2.88. The van der Waals surface area contributed by atoms with Gasteiger partial charge in [0.25, 0.3) is 0 Å². The quantitative estimate of drug-likeness (QED) is 0.660. The molecular formula is C22H28N2O2. The SMILES string of the molecule is C=CN/C(=C\C)CN(c1ccc(Oc2ccccc2OC)cc1)C(C)C. The molecular weight excluding hydrogens is 324 g/mol. The molecule has 26 heavy (non-hydrogen) atoms. The zero-order valence-electron chi connectivity index (χ0n) is 16.0. The van der Waals surface area contributed by atoms with Crippen molar-refractivity contribution < 1.29 is 9.47 Å². The molecule has 138 valence electrons. The van der Waals surface area contributed by atoms with Crippen LogP contribution in [0.5, 0.6) is 17.2 Å². The average molecular weight is 352 g/mol. The van der Waals surface area contributed by atoms with Gasteiger partial charge in [-0.1, -0.05) is 24.8 Å². The number of methoxy groups -OCH3 is 1. The minimum atomic E-state index is 0.359. The monoisotopic (exact) mass is 352 g/mol. The number of hydrogen-bond donors (Lipinski definition) is 1. The molecule has 2 aromatic carbocycles. The fourth-order valence-electron chi connectivity index (χ4n) is 2.64. The number of nitrogens with one attached hydrogen (secondary N) is 1. The minimum Gasteiger partial charge on any atom is -0.493 e. The van der Waals surface area contributed by atoms with Gasteiger partial charge in [0.1, 0.15) is 5.75 Å². The van der Waals surface area contributed by atoms with Gasteiger partial charge in [-0.05, 0) is 63.4 Å². The highest BCUT2D eigenvalue weighted by Gasteiger charge is 2.13. The maximum Gasteiger partial charge on any atom is 0.169 e. The van der Waals surface area contributed by atoms with Crippen molar-refractivity contribution >= 4 is 5.69 Å². The summed E-state index contributed by atoms with van der Waals surface area (Å²) < 4.78 is 11.3. The topological polar surface area (TPSA) is 33.7 Å². The number of allylic oxidation sites excluding steroid dienone is 1. The lowest BCUT2D eigenvalue weighted by Crippen LogP contribution is -2.34. The van der Waals surface area contributed by atoms with Crippen LogP contribution in [0.2, 0.25) is 0 Å². The third-order valence-electron chi connectivity index (χ3n) is 4.07. The van der Waals surface area contributed by atoms with Gasteiger partial charge in [0.2, 0.25) is 0 Å². The molecule has 0 aromatic heterocycles. The first-order valence-electron chi connectivity index (χ1n) is 8.79. The Morgan fingerprint density at radius 2 is 1.77 bits per heavy atom. The van der Waals surface area contributed by atoms with Crippen molar-refractivity contribution in [1.29, 1.82) is 0 Å². The molecule has 0 spiro atoms. The van der Waals surface area contributed by atoms with Gasteiger partial charge in [0, 0.05) is 17.4 Å². The van der Waals surface area contributed by atoms with E-state index in [9.17, 15) is 0 Å². The van der Waals surface area contributed by atoms with Crippen molar-refractivity contribution in [2.45, 2.75) is 26.8 Å². The summed E-state index contributed by atoms with van der Waals surface area (Å²) in [6.07, 6.45) is 3.77. The maximum atomic E-state index is 5.96. The van der Waals surface area contributed by atoms with E-state index in [4.69, 9.17) is 9.47 Å². The number of anilines is 1.